The van der Waals surface area contributed by atoms with E-state index in [2.05, 4.69) is 18.3 Å². The molecule has 41 heavy (non-hydrogen) atoms. The first-order chi connectivity index (χ1) is 19.1. The van der Waals surface area contributed by atoms with Gasteiger partial charge < -0.3 is 34.6 Å². The van der Waals surface area contributed by atoms with Gasteiger partial charge in [-0.1, -0.05) is 0 Å². The molecule has 0 bridgehead atoms. The average Bonchev–Trinajstić information content (AvgIpc) is 3.37. The second-order valence-corrected chi connectivity index (χ2v) is 12.1. The van der Waals surface area contributed by atoms with E-state index >= 15 is 0 Å². The molecule has 2 aliphatic heterocycles. The first kappa shape index (κ1) is 31.4. The van der Waals surface area contributed by atoms with Gasteiger partial charge in [-0.25, -0.2) is 18.7 Å². The second kappa shape index (κ2) is 12.0. The minimum absolute atomic E-state index is 0.167. The van der Waals surface area contributed by atoms with Crippen molar-refractivity contribution in [2.45, 2.75) is 56.3 Å². The fraction of sp³-hybridized carbons (Fsp3) is 0.579. The van der Waals surface area contributed by atoms with Crippen LogP contribution in [0, 0.1) is 6.92 Å². The van der Waals surface area contributed by atoms with E-state index in [0.717, 1.165) is 21.4 Å². The molecule has 2 saturated heterocycles. The number of aliphatic hydroxyl groups excluding tert-OH is 3. The van der Waals surface area contributed by atoms with Crippen LogP contribution in [0.5, 0.6) is 0 Å². The molecule has 3 unspecified atom stereocenters. The lowest BCUT2D eigenvalue weighted by Gasteiger charge is -2.21. The number of rotatable bonds is 10. The number of hydrogen-bond donors (Lipinski definition) is 7. The van der Waals surface area contributed by atoms with E-state index in [0.29, 0.717) is 0 Å². The smallest absolute Gasteiger partial charge is 0.390 e. The highest BCUT2D eigenvalue weighted by molar-refractivity contribution is 7.61. The summed E-state index contributed by atoms with van der Waals surface area (Å²) >= 11 is 0. The number of hydrogen-bond acceptors (Lipinski definition) is 14. The van der Waals surface area contributed by atoms with Gasteiger partial charge in [-0.15, -0.1) is 0 Å². The number of aliphatic hydroxyl groups is 3. The molecule has 0 spiro atoms. The number of aromatic nitrogens is 4. The van der Waals surface area contributed by atoms with Crippen molar-refractivity contribution < 1.29 is 57.1 Å². The number of aryl methyl sites for hydroxylation is 1. The summed E-state index contributed by atoms with van der Waals surface area (Å²) < 4.78 is 50.5. The number of nitrogens with one attached hydrogen (secondary N) is 2. The number of phosphoric acid groups is 2. The summed E-state index contributed by atoms with van der Waals surface area (Å²) in [5, 5.41) is 30.6. The van der Waals surface area contributed by atoms with Crippen LogP contribution in [0.1, 0.15) is 24.4 Å². The van der Waals surface area contributed by atoms with Gasteiger partial charge in [0.2, 0.25) is 0 Å². The van der Waals surface area contributed by atoms with E-state index < -0.39 is 94.3 Å². The number of nitrogens with zero attached hydrogens (tertiary/aromatic N) is 2. The van der Waals surface area contributed by atoms with Gasteiger partial charge in [-0.05, 0) is 6.92 Å². The molecule has 228 valence electrons. The molecule has 9 atom stereocenters. The summed E-state index contributed by atoms with van der Waals surface area (Å²) in [5.41, 5.74) is -2.97. The van der Waals surface area contributed by atoms with Crippen molar-refractivity contribution in [3.8, 4) is 0 Å². The topological polar surface area (TPSA) is 291 Å². The molecule has 2 aromatic heterocycles. The summed E-state index contributed by atoms with van der Waals surface area (Å²) in [6, 6.07) is 0.947. The summed E-state index contributed by atoms with van der Waals surface area (Å²) in [5.74, 6) is 0. The predicted molar refractivity (Wildman–Crippen MR) is 130 cm³/mol. The lowest BCUT2D eigenvalue weighted by atomic mass is 10.1. The van der Waals surface area contributed by atoms with Gasteiger partial charge in [-0.3, -0.25) is 37.7 Å². The van der Waals surface area contributed by atoms with Crippen LogP contribution >= 0.6 is 15.6 Å². The van der Waals surface area contributed by atoms with E-state index in [1.807, 2.05) is 4.98 Å². The van der Waals surface area contributed by atoms with Crippen molar-refractivity contribution >= 4 is 15.6 Å². The van der Waals surface area contributed by atoms with E-state index in [-0.39, 0.29) is 12.0 Å². The van der Waals surface area contributed by atoms with E-state index in [9.17, 15) is 53.4 Å². The fourth-order valence-corrected chi connectivity index (χ4v) is 6.16. The van der Waals surface area contributed by atoms with Crippen molar-refractivity contribution in [2.75, 3.05) is 13.2 Å². The van der Waals surface area contributed by atoms with Gasteiger partial charge in [0.15, 0.2) is 6.23 Å². The first-order valence-electron chi connectivity index (χ1n) is 11.7. The zero-order valence-electron chi connectivity index (χ0n) is 20.9. The number of aromatic amines is 2. The van der Waals surface area contributed by atoms with Crippen LogP contribution in [0.3, 0.4) is 0 Å². The van der Waals surface area contributed by atoms with Crippen LogP contribution in [0.15, 0.2) is 37.6 Å². The molecule has 2 fully saturated rings. The Hall–Kier alpha value is -2.58. The SMILES string of the molecule is Cc1cn([C@H]2C[C@@H](O)[C@@H](COP(=O)(O)OP(=O)(O)OC[C@H]3O[C@@H](n4ccc(=O)[nH]c4=O)[C@@H](O)C3O)O2)c(=O)[nH]c1=O. The third kappa shape index (κ3) is 7.26. The molecular weight excluding hydrogens is 602 g/mol. The van der Waals surface area contributed by atoms with E-state index in [1.54, 1.807) is 0 Å². The van der Waals surface area contributed by atoms with Crippen molar-refractivity contribution in [1.82, 2.24) is 19.1 Å². The molecule has 7 N–H and O–H groups in total. The highest BCUT2D eigenvalue weighted by atomic mass is 31.3. The summed E-state index contributed by atoms with van der Waals surface area (Å²) in [4.78, 5) is 70.5. The monoisotopic (exact) mass is 628 g/mol. The molecule has 4 rings (SSSR count). The van der Waals surface area contributed by atoms with Gasteiger partial charge in [0, 0.05) is 30.4 Å². The molecular formula is C19H26N4O16P2. The van der Waals surface area contributed by atoms with Gasteiger partial charge in [0.1, 0.15) is 30.6 Å². The molecule has 0 saturated carbocycles. The Labute approximate surface area is 227 Å². The number of phosphoric ester groups is 2. The Morgan fingerprint density at radius 1 is 0.927 bits per heavy atom. The van der Waals surface area contributed by atoms with Crippen LogP contribution in [-0.2, 0) is 32.0 Å². The average molecular weight is 628 g/mol. The van der Waals surface area contributed by atoms with Crippen LogP contribution in [-0.4, -0.2) is 87.9 Å². The first-order valence-corrected chi connectivity index (χ1v) is 14.7. The standard InChI is InChI=1S/C19H26N4O16P2/c1-8-5-23(19(30)21-16(8)28)13-4-9(24)10(37-13)6-35-40(31,32)39-41(33,34)36-7-11-14(26)15(27)17(38-11)22-3-2-12(25)20-18(22)29/h2-3,5,9-11,13-15,17,24,26-27H,4,6-7H2,1H3,(H,31,32)(H,33,34)(H,20,25,29)(H,21,28,30)/t9-,10-,11-,13-,14?,15+,17-/m1/s1. The van der Waals surface area contributed by atoms with Gasteiger partial charge in [0.05, 0.1) is 19.3 Å². The molecule has 0 aliphatic carbocycles. The molecule has 0 aromatic carbocycles. The quantitative estimate of drug-likeness (QED) is 0.128. The highest BCUT2D eigenvalue weighted by Crippen LogP contribution is 2.60. The third-order valence-corrected chi connectivity index (χ3v) is 8.73. The Morgan fingerprint density at radius 2 is 1.54 bits per heavy atom. The van der Waals surface area contributed by atoms with Crippen molar-refractivity contribution in [1.29, 1.82) is 0 Å². The molecule has 0 amide bonds. The lowest BCUT2D eigenvalue weighted by Crippen LogP contribution is -2.37. The molecule has 22 heteroatoms. The normalized spacial score (nSPS) is 31.1. The highest BCUT2D eigenvalue weighted by Gasteiger charge is 2.46. The predicted octanol–water partition coefficient (Wildman–Crippen LogP) is -3.09. The molecule has 4 heterocycles. The molecule has 2 aromatic rings. The summed E-state index contributed by atoms with van der Waals surface area (Å²) in [7, 11) is -10.7. The van der Waals surface area contributed by atoms with Gasteiger partial charge in [0.25, 0.3) is 11.1 Å². The largest absolute Gasteiger partial charge is 0.481 e. The van der Waals surface area contributed by atoms with Crippen LogP contribution in [0.2, 0.25) is 0 Å². The summed E-state index contributed by atoms with van der Waals surface area (Å²) in [6.45, 7) is -0.377. The maximum atomic E-state index is 12.3. The number of ether oxygens (including phenoxy) is 2. The maximum absolute atomic E-state index is 12.3. The van der Waals surface area contributed by atoms with Crippen molar-refractivity contribution in [3.63, 3.8) is 0 Å². The van der Waals surface area contributed by atoms with Crippen molar-refractivity contribution in [2.24, 2.45) is 0 Å². The fourth-order valence-electron chi connectivity index (χ4n) is 4.07. The number of H-pyrrole nitrogens is 2. The van der Waals surface area contributed by atoms with Gasteiger partial charge >= 0.3 is 27.0 Å². The molecule has 2 aliphatic rings. The lowest BCUT2D eigenvalue weighted by molar-refractivity contribution is -0.0551. The Balaban J connectivity index is 1.31. The zero-order chi connectivity index (χ0) is 30.3. The second-order valence-electron chi connectivity index (χ2n) is 9.08. The molecule has 20 nitrogen and oxygen atoms in total. The van der Waals surface area contributed by atoms with Crippen LogP contribution in [0.4, 0.5) is 0 Å². The summed E-state index contributed by atoms with van der Waals surface area (Å²) in [6.07, 6.45) is -8.21. The Bertz CT molecular complexity index is 1600. The van der Waals surface area contributed by atoms with Crippen LogP contribution < -0.4 is 22.5 Å². The van der Waals surface area contributed by atoms with Crippen molar-refractivity contribution in [3.05, 3.63) is 65.7 Å². The minimum atomic E-state index is -5.38. The minimum Gasteiger partial charge on any atom is -0.390 e. The maximum Gasteiger partial charge on any atom is 0.481 e. The van der Waals surface area contributed by atoms with E-state index in [4.69, 9.17) is 9.47 Å². The van der Waals surface area contributed by atoms with Gasteiger partial charge in [-0.2, -0.15) is 4.31 Å². The zero-order valence-corrected chi connectivity index (χ0v) is 22.7. The Morgan fingerprint density at radius 3 is 2.17 bits per heavy atom. The Kier molecular flexibility index (Phi) is 9.15. The molecule has 0 radical (unpaired) electrons. The third-order valence-electron chi connectivity index (χ3n) is 6.13. The van der Waals surface area contributed by atoms with Crippen LogP contribution in [0.25, 0.3) is 0 Å². The van der Waals surface area contributed by atoms with E-state index in [1.165, 1.54) is 13.1 Å².